The minimum Gasteiger partial charge on any atom is -0.270 e. The van der Waals surface area contributed by atoms with Crippen molar-refractivity contribution in [2.75, 3.05) is 0 Å². The molecule has 0 amide bonds. The Morgan fingerprint density at radius 2 is 1.92 bits per heavy atom. The van der Waals surface area contributed by atoms with Gasteiger partial charge in [0, 0.05) is 16.3 Å². The number of halogens is 1. The van der Waals surface area contributed by atoms with Crippen molar-refractivity contribution in [1.29, 1.82) is 5.26 Å². The molecule has 0 spiro atoms. The fourth-order valence-corrected chi connectivity index (χ4v) is 3.20. The van der Waals surface area contributed by atoms with E-state index in [1.807, 2.05) is 60.9 Å². The highest BCUT2D eigenvalue weighted by molar-refractivity contribution is 8.00. The molecule has 0 saturated heterocycles. The number of aryl methyl sites for hydroxylation is 1. The summed E-state index contributed by atoms with van der Waals surface area (Å²) in [7, 11) is 0. The third-order valence-electron chi connectivity index (χ3n) is 3.46. The normalized spacial score (nSPS) is 11.9. The molecule has 0 saturated carbocycles. The maximum absolute atomic E-state index is 9.11. The van der Waals surface area contributed by atoms with Crippen molar-refractivity contribution < 1.29 is 0 Å². The van der Waals surface area contributed by atoms with Crippen LogP contribution in [0.15, 0.2) is 53.7 Å². The Kier molecular flexibility index (Phi) is 4.89. The lowest BCUT2D eigenvalue weighted by molar-refractivity contribution is 0.883. The quantitative estimate of drug-likeness (QED) is 0.625. The molecule has 3 rings (SSSR count). The molecule has 0 aliphatic heterocycles. The number of aromatic nitrogens is 3. The first-order valence-corrected chi connectivity index (χ1v) is 8.69. The molecule has 0 N–H and O–H groups in total. The van der Waals surface area contributed by atoms with Crippen LogP contribution in [0, 0.1) is 18.3 Å². The minimum atomic E-state index is -0.217. The summed E-state index contributed by atoms with van der Waals surface area (Å²) < 4.78 is 1.96. The maximum Gasteiger partial charge on any atom is 0.197 e. The highest BCUT2D eigenvalue weighted by atomic mass is 35.5. The predicted molar refractivity (Wildman–Crippen MR) is 97.5 cm³/mol. The summed E-state index contributed by atoms with van der Waals surface area (Å²) >= 11 is 7.39. The number of nitrogens with zero attached hydrogens (tertiary/aromatic N) is 4. The highest BCUT2D eigenvalue weighted by Gasteiger charge is 2.18. The van der Waals surface area contributed by atoms with Crippen molar-refractivity contribution in [3.05, 3.63) is 59.1 Å². The summed E-state index contributed by atoms with van der Waals surface area (Å²) in [6.45, 7) is 3.89. The molecule has 0 bridgehead atoms. The molecule has 0 aliphatic rings. The molecule has 0 radical (unpaired) electrons. The van der Waals surface area contributed by atoms with E-state index in [0.717, 1.165) is 22.6 Å². The summed E-state index contributed by atoms with van der Waals surface area (Å²) in [6, 6.07) is 17.8. The van der Waals surface area contributed by atoms with Gasteiger partial charge in [-0.25, -0.2) is 0 Å². The molecule has 1 heterocycles. The second kappa shape index (κ2) is 7.08. The van der Waals surface area contributed by atoms with E-state index in [1.54, 1.807) is 0 Å². The molecule has 1 unspecified atom stereocenters. The molecular formula is C18H15ClN4S. The summed E-state index contributed by atoms with van der Waals surface area (Å²) in [5.74, 6) is 0.744. The fourth-order valence-electron chi connectivity index (χ4n) is 2.32. The molecule has 4 nitrogen and oxygen atoms in total. The van der Waals surface area contributed by atoms with Gasteiger partial charge in [-0.2, -0.15) is 5.26 Å². The van der Waals surface area contributed by atoms with E-state index < -0.39 is 0 Å². The number of benzene rings is 2. The second-order valence-electron chi connectivity index (χ2n) is 5.38. The van der Waals surface area contributed by atoms with Gasteiger partial charge in [0.1, 0.15) is 0 Å². The molecule has 0 aliphatic carbocycles. The van der Waals surface area contributed by atoms with Crippen molar-refractivity contribution in [2.45, 2.75) is 24.3 Å². The van der Waals surface area contributed by atoms with Crippen LogP contribution in [0.2, 0.25) is 5.02 Å². The van der Waals surface area contributed by atoms with Gasteiger partial charge in [0.2, 0.25) is 0 Å². The number of nitriles is 1. The van der Waals surface area contributed by atoms with Crippen LogP contribution < -0.4 is 0 Å². The molecule has 1 aromatic heterocycles. The van der Waals surface area contributed by atoms with E-state index in [1.165, 1.54) is 11.8 Å². The highest BCUT2D eigenvalue weighted by Crippen LogP contribution is 2.30. The Labute approximate surface area is 150 Å². The smallest absolute Gasteiger partial charge is 0.197 e. The van der Waals surface area contributed by atoms with Crippen LogP contribution in [-0.2, 0) is 0 Å². The SMILES string of the molecule is Cc1cccc(-c2nnc(SC(C)C#N)n2-c2ccc(Cl)cc2)c1. The van der Waals surface area contributed by atoms with Gasteiger partial charge in [0.25, 0.3) is 0 Å². The Bertz CT molecular complexity index is 896. The van der Waals surface area contributed by atoms with Crippen LogP contribution >= 0.6 is 23.4 Å². The van der Waals surface area contributed by atoms with E-state index in [0.29, 0.717) is 10.2 Å². The van der Waals surface area contributed by atoms with Crippen molar-refractivity contribution in [3.63, 3.8) is 0 Å². The van der Waals surface area contributed by atoms with Gasteiger partial charge in [0.15, 0.2) is 11.0 Å². The Morgan fingerprint density at radius 3 is 2.58 bits per heavy atom. The Morgan fingerprint density at radius 1 is 1.17 bits per heavy atom. The summed E-state index contributed by atoms with van der Waals surface area (Å²) in [6.07, 6.45) is 0. The van der Waals surface area contributed by atoms with Gasteiger partial charge in [0.05, 0.1) is 11.3 Å². The van der Waals surface area contributed by atoms with Crippen molar-refractivity contribution in [2.24, 2.45) is 0 Å². The zero-order valence-corrected chi connectivity index (χ0v) is 14.8. The Balaban J connectivity index is 2.16. The van der Waals surface area contributed by atoms with Gasteiger partial charge in [-0.3, -0.25) is 4.57 Å². The van der Waals surface area contributed by atoms with Crippen LogP contribution in [0.3, 0.4) is 0 Å². The van der Waals surface area contributed by atoms with Gasteiger partial charge in [-0.05, 0) is 44.2 Å². The molecule has 6 heteroatoms. The third-order valence-corrected chi connectivity index (χ3v) is 4.64. The third kappa shape index (κ3) is 3.45. The largest absolute Gasteiger partial charge is 0.270 e. The molecule has 120 valence electrons. The monoisotopic (exact) mass is 354 g/mol. The lowest BCUT2D eigenvalue weighted by Crippen LogP contribution is -2.02. The maximum atomic E-state index is 9.11. The lowest BCUT2D eigenvalue weighted by Gasteiger charge is -2.11. The first-order chi connectivity index (χ1) is 11.6. The topological polar surface area (TPSA) is 54.5 Å². The summed E-state index contributed by atoms with van der Waals surface area (Å²) in [4.78, 5) is 0. The number of rotatable bonds is 4. The van der Waals surface area contributed by atoms with Crippen LogP contribution in [0.4, 0.5) is 0 Å². The second-order valence-corrected chi connectivity index (χ2v) is 7.12. The van der Waals surface area contributed by atoms with Crippen molar-refractivity contribution in [3.8, 4) is 23.1 Å². The molecule has 1 atom stereocenters. The van der Waals surface area contributed by atoms with Crippen LogP contribution in [0.1, 0.15) is 12.5 Å². The number of hydrogen-bond acceptors (Lipinski definition) is 4. The standard InChI is InChI=1S/C18H15ClN4S/c1-12-4-3-5-14(10-12)17-21-22-18(24-13(2)11-20)23(17)16-8-6-15(19)7-9-16/h3-10,13H,1-2H3. The van der Waals surface area contributed by atoms with Gasteiger partial charge in [-0.15, -0.1) is 10.2 Å². The average Bonchev–Trinajstić information content (AvgIpc) is 2.99. The van der Waals surface area contributed by atoms with Crippen molar-refractivity contribution in [1.82, 2.24) is 14.8 Å². The molecule has 24 heavy (non-hydrogen) atoms. The van der Waals surface area contributed by atoms with Crippen LogP contribution in [-0.4, -0.2) is 20.0 Å². The molecule has 2 aromatic carbocycles. The molecule has 3 aromatic rings. The van der Waals surface area contributed by atoms with Crippen molar-refractivity contribution >= 4 is 23.4 Å². The van der Waals surface area contributed by atoms with Gasteiger partial charge in [-0.1, -0.05) is 47.1 Å². The van der Waals surface area contributed by atoms with E-state index in [9.17, 15) is 0 Å². The summed E-state index contributed by atoms with van der Waals surface area (Å²) in [5.41, 5.74) is 3.04. The first-order valence-electron chi connectivity index (χ1n) is 7.43. The van der Waals surface area contributed by atoms with Crippen LogP contribution in [0.5, 0.6) is 0 Å². The Hall–Kier alpha value is -2.29. The van der Waals surface area contributed by atoms with Gasteiger partial charge < -0.3 is 0 Å². The minimum absolute atomic E-state index is 0.217. The van der Waals surface area contributed by atoms with Crippen LogP contribution in [0.25, 0.3) is 17.1 Å². The predicted octanol–water partition coefficient (Wildman–Crippen LogP) is 4.90. The van der Waals surface area contributed by atoms with Gasteiger partial charge >= 0.3 is 0 Å². The zero-order valence-electron chi connectivity index (χ0n) is 13.3. The fraction of sp³-hybridized carbons (Fsp3) is 0.167. The number of thioether (sulfide) groups is 1. The molecule has 0 fully saturated rings. The molecular weight excluding hydrogens is 340 g/mol. The zero-order chi connectivity index (χ0) is 17.1. The number of hydrogen-bond donors (Lipinski definition) is 0. The van der Waals surface area contributed by atoms with E-state index in [4.69, 9.17) is 16.9 Å². The summed E-state index contributed by atoms with van der Waals surface area (Å²) in [5, 5.41) is 18.9. The lowest BCUT2D eigenvalue weighted by atomic mass is 10.1. The first kappa shape index (κ1) is 16.6. The van der Waals surface area contributed by atoms with E-state index in [2.05, 4.69) is 22.3 Å². The average molecular weight is 355 g/mol. The van der Waals surface area contributed by atoms with E-state index in [-0.39, 0.29) is 5.25 Å². The van der Waals surface area contributed by atoms with E-state index >= 15 is 0 Å².